The minimum atomic E-state index is -5.24. The molecule has 1 aromatic carbocycles. The van der Waals surface area contributed by atoms with Gasteiger partial charge < -0.3 is 25.3 Å². The Morgan fingerprint density at radius 1 is 1.02 bits per heavy atom. The smallest absolute Gasteiger partial charge is 0.471 e. The van der Waals surface area contributed by atoms with Gasteiger partial charge in [0.1, 0.15) is 17.3 Å². The molecule has 4 amide bonds. The van der Waals surface area contributed by atoms with E-state index < -0.39 is 59.2 Å². The highest BCUT2D eigenvalue weighted by molar-refractivity contribution is 6.23. The molecule has 19 heteroatoms. The number of nitrogens with zero attached hydrogens (tertiary/aromatic N) is 8. The minimum Gasteiger partial charge on any atom is -0.492 e. The highest BCUT2D eigenvalue weighted by Crippen LogP contribution is 2.43. The molecule has 1 saturated heterocycles. The number of aromatic hydroxyl groups is 1. The number of alkyl halides is 3. The van der Waals surface area contributed by atoms with Gasteiger partial charge in [0.25, 0.3) is 5.91 Å². The molecule has 3 aromatic rings. The number of amides is 4. The predicted molar refractivity (Wildman–Crippen MR) is 192 cm³/mol. The standard InChI is InChI=1S/C35H44F3N9O7/c1-7-44(8-2)31-39-19-24(45(20(3)4)30(52)35(36,37)38)25(41-31)40-23(28(49)50)18-21-12-14-22(15-13-21)46-27(48)26(42(5)32(46)53)47-29(51)34(43(6)33(47)54)16-10-9-11-17-34/h12-15,19-20,23,48H,7-11,16-18H2,1-6H3,(H,49,50)(H,39,40,41). The van der Waals surface area contributed by atoms with Crippen molar-refractivity contribution < 1.29 is 42.6 Å². The molecule has 1 unspecified atom stereocenters. The van der Waals surface area contributed by atoms with Crippen LogP contribution >= 0.6 is 0 Å². The van der Waals surface area contributed by atoms with Crippen LogP contribution in [-0.2, 0) is 27.9 Å². The third-order valence-electron chi connectivity index (χ3n) is 10.1. The predicted octanol–water partition coefficient (Wildman–Crippen LogP) is 4.03. The van der Waals surface area contributed by atoms with Crippen LogP contribution in [0.3, 0.4) is 0 Å². The molecule has 1 aliphatic carbocycles. The van der Waals surface area contributed by atoms with Gasteiger partial charge in [0.2, 0.25) is 11.8 Å². The van der Waals surface area contributed by atoms with Crippen molar-refractivity contribution in [1.29, 1.82) is 0 Å². The van der Waals surface area contributed by atoms with Gasteiger partial charge in [0.05, 0.1) is 11.9 Å². The Balaban J connectivity index is 1.46. The molecule has 2 fully saturated rings. The van der Waals surface area contributed by atoms with Crippen molar-refractivity contribution in [2.75, 3.05) is 40.2 Å². The van der Waals surface area contributed by atoms with Crippen molar-refractivity contribution in [2.45, 2.75) is 90.0 Å². The highest BCUT2D eigenvalue weighted by atomic mass is 19.4. The normalized spacial score (nSPS) is 16.3. The van der Waals surface area contributed by atoms with Crippen LogP contribution < -0.4 is 25.7 Å². The number of anilines is 4. The van der Waals surface area contributed by atoms with Crippen LogP contribution in [-0.4, -0.2) is 102 Å². The van der Waals surface area contributed by atoms with E-state index in [4.69, 9.17) is 0 Å². The second kappa shape index (κ2) is 15.0. The summed E-state index contributed by atoms with van der Waals surface area (Å²) in [6.07, 6.45) is -1.07. The molecule has 3 heterocycles. The van der Waals surface area contributed by atoms with Crippen molar-refractivity contribution in [2.24, 2.45) is 7.05 Å². The van der Waals surface area contributed by atoms with Gasteiger partial charge in [-0.25, -0.2) is 28.8 Å². The summed E-state index contributed by atoms with van der Waals surface area (Å²) >= 11 is 0. The average Bonchev–Trinajstić information content (AvgIpc) is 3.44. The van der Waals surface area contributed by atoms with E-state index in [-0.39, 0.29) is 35.4 Å². The Hall–Kier alpha value is -5.62. The van der Waals surface area contributed by atoms with Gasteiger partial charge in [-0.3, -0.25) is 19.1 Å². The summed E-state index contributed by atoms with van der Waals surface area (Å²) in [4.78, 5) is 78.6. The fraction of sp³-hybridized carbons (Fsp3) is 0.514. The number of imidazole rings is 1. The number of carboxylic acid groups (broad SMARTS) is 1. The van der Waals surface area contributed by atoms with E-state index in [0.29, 0.717) is 36.4 Å². The van der Waals surface area contributed by atoms with Gasteiger partial charge >= 0.3 is 29.8 Å². The molecule has 1 spiro atoms. The maximum Gasteiger partial charge on any atom is 0.471 e. The molecule has 2 aliphatic rings. The quantitative estimate of drug-likeness (QED) is 0.227. The maximum atomic E-state index is 13.7. The largest absolute Gasteiger partial charge is 0.492 e. The summed E-state index contributed by atoms with van der Waals surface area (Å²) in [5.41, 5.74) is -1.63. The summed E-state index contributed by atoms with van der Waals surface area (Å²) in [7, 11) is 2.86. The number of halogens is 3. The van der Waals surface area contributed by atoms with Crippen molar-refractivity contribution in [3.63, 3.8) is 0 Å². The molecule has 3 N–H and O–H groups in total. The number of carbonyl (C=O) groups excluding carboxylic acids is 3. The number of benzene rings is 1. The van der Waals surface area contributed by atoms with Gasteiger partial charge in [-0.05, 0) is 58.2 Å². The van der Waals surface area contributed by atoms with E-state index in [1.54, 1.807) is 4.90 Å². The zero-order valence-electron chi connectivity index (χ0n) is 30.8. The van der Waals surface area contributed by atoms with Crippen molar-refractivity contribution in [1.82, 2.24) is 24.0 Å². The molecule has 1 atom stereocenters. The molecule has 54 heavy (non-hydrogen) atoms. The SMILES string of the molecule is CCN(CC)c1ncc(N(C(=O)C(F)(F)F)C(C)C)c(NC(Cc2ccc(-n3c(O)c(N4C(=O)N(C)C5(CCCCC5)C4=O)n(C)c3=O)cc2)C(=O)O)n1. The molecule has 292 valence electrons. The van der Waals surface area contributed by atoms with Crippen molar-refractivity contribution in [3.8, 4) is 11.6 Å². The van der Waals surface area contributed by atoms with Crippen molar-refractivity contribution >= 4 is 47.1 Å². The Morgan fingerprint density at radius 3 is 2.17 bits per heavy atom. The lowest BCUT2D eigenvalue weighted by Crippen LogP contribution is -2.49. The number of rotatable bonds is 12. The van der Waals surface area contributed by atoms with Gasteiger partial charge in [-0.1, -0.05) is 31.4 Å². The number of hydrogen-bond donors (Lipinski definition) is 3. The fourth-order valence-electron chi connectivity index (χ4n) is 7.16. The van der Waals surface area contributed by atoms with Crippen LogP contribution in [0.15, 0.2) is 35.3 Å². The van der Waals surface area contributed by atoms with Crippen LogP contribution in [0, 0.1) is 0 Å². The van der Waals surface area contributed by atoms with Gasteiger partial charge in [0.15, 0.2) is 11.6 Å². The maximum absolute atomic E-state index is 13.7. The van der Waals surface area contributed by atoms with E-state index in [9.17, 15) is 47.4 Å². The van der Waals surface area contributed by atoms with Gasteiger partial charge in [-0.2, -0.15) is 18.2 Å². The number of nitrogens with one attached hydrogen (secondary N) is 1. The lowest BCUT2D eigenvalue weighted by Gasteiger charge is -2.35. The fourth-order valence-corrected chi connectivity index (χ4v) is 7.16. The number of carbonyl (C=O) groups is 4. The molecule has 0 radical (unpaired) electrons. The van der Waals surface area contributed by atoms with Crippen molar-refractivity contribution in [3.05, 3.63) is 46.5 Å². The van der Waals surface area contributed by atoms with Crippen LogP contribution in [0.1, 0.15) is 65.4 Å². The Labute approximate surface area is 308 Å². The zero-order chi connectivity index (χ0) is 39.9. The number of carboxylic acids is 1. The minimum absolute atomic E-state index is 0.105. The van der Waals surface area contributed by atoms with Gasteiger partial charge in [0, 0.05) is 39.6 Å². The summed E-state index contributed by atoms with van der Waals surface area (Å²) in [5.74, 6) is -5.21. The van der Waals surface area contributed by atoms with E-state index >= 15 is 0 Å². The number of imide groups is 1. The number of hydrogen-bond acceptors (Lipinski definition) is 10. The summed E-state index contributed by atoms with van der Waals surface area (Å²) in [5, 5.41) is 24.3. The van der Waals surface area contributed by atoms with E-state index in [0.717, 1.165) is 39.5 Å². The first-order chi connectivity index (χ1) is 25.4. The number of likely N-dealkylation sites (N-methyl/N-ethyl adjacent to an activating group) is 1. The first-order valence-electron chi connectivity index (χ1n) is 17.6. The molecule has 16 nitrogen and oxygen atoms in total. The van der Waals surface area contributed by atoms with E-state index in [1.807, 2.05) is 13.8 Å². The van der Waals surface area contributed by atoms with E-state index in [2.05, 4.69) is 15.3 Å². The Bertz CT molecular complexity index is 1980. The lowest BCUT2D eigenvalue weighted by molar-refractivity contribution is -0.170. The first kappa shape index (κ1) is 39.6. The van der Waals surface area contributed by atoms with Crippen LogP contribution in [0.5, 0.6) is 5.88 Å². The third-order valence-corrected chi connectivity index (χ3v) is 10.1. The summed E-state index contributed by atoms with van der Waals surface area (Å²) in [6, 6.07) is 2.68. The van der Waals surface area contributed by atoms with Crippen LogP contribution in [0.25, 0.3) is 5.69 Å². The van der Waals surface area contributed by atoms with E-state index in [1.165, 1.54) is 57.1 Å². The number of urea groups is 1. The number of aliphatic carboxylic acids is 1. The molecule has 1 saturated carbocycles. The average molecular weight is 760 g/mol. The number of aromatic nitrogens is 4. The summed E-state index contributed by atoms with van der Waals surface area (Å²) in [6.45, 7) is 7.23. The Morgan fingerprint density at radius 2 is 1.63 bits per heavy atom. The molecule has 2 aromatic heterocycles. The molecular weight excluding hydrogens is 715 g/mol. The highest BCUT2D eigenvalue weighted by Gasteiger charge is 2.57. The third kappa shape index (κ3) is 6.93. The van der Waals surface area contributed by atoms with Crippen LogP contribution in [0.2, 0.25) is 0 Å². The monoisotopic (exact) mass is 759 g/mol. The molecule has 5 rings (SSSR count). The summed E-state index contributed by atoms with van der Waals surface area (Å²) < 4.78 is 43.0. The van der Waals surface area contributed by atoms with Gasteiger partial charge in [-0.15, -0.1) is 0 Å². The lowest BCUT2D eigenvalue weighted by atomic mass is 9.81. The van der Waals surface area contributed by atoms with Crippen LogP contribution in [0.4, 0.5) is 41.2 Å². The Kier molecular flexibility index (Phi) is 11.0. The first-order valence-corrected chi connectivity index (χ1v) is 17.6. The zero-order valence-corrected chi connectivity index (χ0v) is 30.8. The molecule has 0 bridgehead atoms. The topological polar surface area (TPSA) is 186 Å². The molecular formula is C35H44F3N9O7. The second-order valence-electron chi connectivity index (χ2n) is 13.6. The molecule has 1 aliphatic heterocycles. The second-order valence-corrected chi connectivity index (χ2v) is 13.6.